The Morgan fingerprint density at radius 3 is 2.44 bits per heavy atom. The Labute approximate surface area is 146 Å². The van der Waals surface area contributed by atoms with Crippen LogP contribution >= 0.6 is 0 Å². The molecule has 0 saturated heterocycles. The number of hydrogen-bond donors (Lipinski definition) is 2. The molecule has 0 radical (unpaired) electrons. The topological polar surface area (TPSA) is 75.3 Å². The van der Waals surface area contributed by atoms with Crippen molar-refractivity contribution in [2.75, 3.05) is 0 Å². The monoisotopic (exact) mass is 362 g/mol. The molecule has 132 valence electrons. The van der Waals surface area contributed by atoms with Gasteiger partial charge in [-0.1, -0.05) is 12.1 Å². The molecule has 0 heterocycles. The normalized spacial score (nSPS) is 14.3. The van der Waals surface area contributed by atoms with Crippen molar-refractivity contribution in [1.29, 1.82) is 0 Å². The van der Waals surface area contributed by atoms with Crippen molar-refractivity contribution in [3.8, 4) is 0 Å². The molecule has 0 aliphatic heterocycles. The van der Waals surface area contributed by atoms with Gasteiger partial charge >= 0.3 is 0 Å². The van der Waals surface area contributed by atoms with E-state index in [-0.39, 0.29) is 29.2 Å². The molecule has 0 atom stereocenters. The lowest BCUT2D eigenvalue weighted by atomic mass is 10.1. The maximum atomic E-state index is 13.5. The Morgan fingerprint density at radius 2 is 1.84 bits per heavy atom. The molecule has 7 heteroatoms. The zero-order chi connectivity index (χ0) is 18.0. The maximum absolute atomic E-state index is 13.5. The first-order chi connectivity index (χ1) is 11.8. The van der Waals surface area contributed by atoms with Gasteiger partial charge in [0.25, 0.3) is 5.91 Å². The van der Waals surface area contributed by atoms with Gasteiger partial charge in [-0.2, -0.15) is 0 Å². The molecule has 0 bridgehead atoms. The van der Waals surface area contributed by atoms with E-state index in [1.54, 1.807) is 19.1 Å². The molecule has 1 aliphatic carbocycles. The summed E-state index contributed by atoms with van der Waals surface area (Å²) in [5.41, 5.74) is 1.55. The zero-order valence-electron chi connectivity index (χ0n) is 13.8. The van der Waals surface area contributed by atoms with Gasteiger partial charge in [0.2, 0.25) is 10.0 Å². The maximum Gasteiger partial charge on any atom is 0.251 e. The van der Waals surface area contributed by atoms with Gasteiger partial charge in [-0.25, -0.2) is 17.5 Å². The predicted molar refractivity (Wildman–Crippen MR) is 92.1 cm³/mol. The number of nitrogens with one attached hydrogen (secondary N) is 2. The van der Waals surface area contributed by atoms with E-state index in [1.165, 1.54) is 30.3 Å². The summed E-state index contributed by atoms with van der Waals surface area (Å²) in [5.74, 6) is -0.662. The largest absolute Gasteiger partial charge is 0.348 e. The van der Waals surface area contributed by atoms with E-state index in [1.807, 2.05) is 0 Å². The molecule has 2 aromatic carbocycles. The number of aryl methyl sites for hydroxylation is 1. The van der Waals surface area contributed by atoms with Crippen molar-refractivity contribution in [1.82, 2.24) is 10.0 Å². The summed E-state index contributed by atoms with van der Waals surface area (Å²) < 4.78 is 40.3. The molecule has 1 saturated carbocycles. The summed E-state index contributed by atoms with van der Waals surface area (Å²) in [6.45, 7) is 1.87. The van der Waals surface area contributed by atoms with Crippen molar-refractivity contribution in [3.05, 3.63) is 65.0 Å². The summed E-state index contributed by atoms with van der Waals surface area (Å²) in [4.78, 5) is 12.3. The smallest absolute Gasteiger partial charge is 0.251 e. The molecule has 0 aromatic heterocycles. The summed E-state index contributed by atoms with van der Waals surface area (Å²) in [6, 6.07) is 10.6. The Hall–Kier alpha value is -2.25. The van der Waals surface area contributed by atoms with Crippen molar-refractivity contribution >= 4 is 15.9 Å². The highest BCUT2D eigenvalue weighted by molar-refractivity contribution is 7.89. The average molecular weight is 362 g/mol. The lowest BCUT2D eigenvalue weighted by Gasteiger charge is -2.08. The van der Waals surface area contributed by atoms with E-state index in [9.17, 15) is 17.6 Å². The van der Waals surface area contributed by atoms with E-state index < -0.39 is 10.0 Å². The number of hydrogen-bond acceptors (Lipinski definition) is 3. The van der Waals surface area contributed by atoms with Crippen molar-refractivity contribution in [2.45, 2.75) is 37.2 Å². The van der Waals surface area contributed by atoms with Crippen molar-refractivity contribution in [2.24, 2.45) is 0 Å². The predicted octanol–water partition coefficient (Wildman–Crippen LogP) is 2.50. The summed E-state index contributed by atoms with van der Waals surface area (Å²) >= 11 is 0. The molecule has 0 spiro atoms. The van der Waals surface area contributed by atoms with Gasteiger partial charge in [-0.05, 0) is 61.2 Å². The van der Waals surface area contributed by atoms with Crippen LogP contribution in [0.4, 0.5) is 4.39 Å². The first kappa shape index (κ1) is 17.6. The van der Waals surface area contributed by atoms with Gasteiger partial charge in [0.05, 0.1) is 4.90 Å². The Kier molecular flexibility index (Phi) is 4.87. The van der Waals surface area contributed by atoms with Crippen LogP contribution in [0.25, 0.3) is 0 Å². The Morgan fingerprint density at radius 1 is 1.16 bits per heavy atom. The third-order valence-electron chi connectivity index (χ3n) is 4.02. The number of carbonyl (C=O) groups excluding carboxylic acids is 1. The summed E-state index contributed by atoms with van der Waals surface area (Å²) in [5, 5.41) is 2.69. The van der Waals surface area contributed by atoms with Gasteiger partial charge in [-0.15, -0.1) is 0 Å². The van der Waals surface area contributed by atoms with E-state index in [0.29, 0.717) is 16.7 Å². The minimum absolute atomic E-state index is 0.0304. The number of carbonyl (C=O) groups is 1. The van der Waals surface area contributed by atoms with Crippen LogP contribution in [0.5, 0.6) is 0 Å². The third-order valence-corrected chi connectivity index (χ3v) is 5.55. The van der Waals surface area contributed by atoms with Crippen LogP contribution in [0.3, 0.4) is 0 Å². The molecule has 1 amide bonds. The van der Waals surface area contributed by atoms with Gasteiger partial charge in [0, 0.05) is 18.2 Å². The highest BCUT2D eigenvalue weighted by Crippen LogP contribution is 2.22. The van der Waals surface area contributed by atoms with Crippen LogP contribution in [0.15, 0.2) is 47.4 Å². The number of rotatable bonds is 6. The highest BCUT2D eigenvalue weighted by Gasteiger charge is 2.27. The van der Waals surface area contributed by atoms with E-state index in [4.69, 9.17) is 0 Å². The van der Waals surface area contributed by atoms with E-state index in [0.717, 1.165) is 12.8 Å². The molecule has 1 fully saturated rings. The molecular weight excluding hydrogens is 343 g/mol. The summed E-state index contributed by atoms with van der Waals surface area (Å²) in [6.07, 6.45) is 1.72. The molecule has 0 unspecified atom stereocenters. The SMILES string of the molecule is Cc1ccc(CNC(=O)c2ccc(S(=O)(=O)NC3CC3)cc2)cc1F. The average Bonchev–Trinajstić information content (AvgIpc) is 3.39. The van der Waals surface area contributed by atoms with Crippen LogP contribution in [0, 0.1) is 12.7 Å². The number of amides is 1. The third kappa shape index (κ3) is 4.43. The second kappa shape index (κ2) is 6.93. The number of sulfonamides is 1. The lowest BCUT2D eigenvalue weighted by molar-refractivity contribution is 0.0950. The Bertz CT molecular complexity index is 891. The number of benzene rings is 2. The fourth-order valence-electron chi connectivity index (χ4n) is 2.30. The first-order valence-corrected chi connectivity index (χ1v) is 9.49. The van der Waals surface area contributed by atoms with Gasteiger partial charge in [-0.3, -0.25) is 4.79 Å². The van der Waals surface area contributed by atoms with Crippen LogP contribution in [0.1, 0.15) is 34.3 Å². The quantitative estimate of drug-likeness (QED) is 0.829. The van der Waals surface area contributed by atoms with Gasteiger partial charge in [0.1, 0.15) is 5.82 Å². The van der Waals surface area contributed by atoms with Gasteiger partial charge < -0.3 is 5.32 Å². The van der Waals surface area contributed by atoms with Crippen molar-refractivity contribution < 1.29 is 17.6 Å². The molecule has 1 aliphatic rings. The molecular formula is C18H19FN2O3S. The standard InChI is InChI=1S/C18H19FN2O3S/c1-12-2-3-13(10-17(12)19)11-20-18(22)14-4-8-16(9-5-14)25(23,24)21-15-6-7-15/h2-5,8-10,15,21H,6-7,11H2,1H3,(H,20,22). The Balaban J connectivity index is 1.63. The minimum atomic E-state index is -3.53. The highest BCUT2D eigenvalue weighted by atomic mass is 32.2. The number of halogens is 1. The molecule has 5 nitrogen and oxygen atoms in total. The van der Waals surface area contributed by atoms with Crippen LogP contribution < -0.4 is 10.0 Å². The van der Waals surface area contributed by atoms with Crippen molar-refractivity contribution in [3.63, 3.8) is 0 Å². The van der Waals surface area contributed by atoms with Gasteiger partial charge in [0.15, 0.2) is 0 Å². The lowest BCUT2D eigenvalue weighted by Crippen LogP contribution is -2.26. The molecule has 3 rings (SSSR count). The molecule has 25 heavy (non-hydrogen) atoms. The van der Waals surface area contributed by atoms with Crippen LogP contribution in [0.2, 0.25) is 0 Å². The fourth-order valence-corrected chi connectivity index (χ4v) is 3.61. The minimum Gasteiger partial charge on any atom is -0.348 e. The van der Waals surface area contributed by atoms with E-state index >= 15 is 0 Å². The van der Waals surface area contributed by atoms with E-state index in [2.05, 4.69) is 10.0 Å². The van der Waals surface area contributed by atoms with Crippen LogP contribution in [-0.2, 0) is 16.6 Å². The fraction of sp³-hybridized carbons (Fsp3) is 0.278. The first-order valence-electron chi connectivity index (χ1n) is 8.01. The zero-order valence-corrected chi connectivity index (χ0v) is 14.6. The molecule has 2 aromatic rings. The summed E-state index contributed by atoms with van der Waals surface area (Å²) in [7, 11) is -3.53. The second-order valence-corrected chi connectivity index (χ2v) is 7.90. The molecule has 2 N–H and O–H groups in total. The second-order valence-electron chi connectivity index (χ2n) is 6.19. The van der Waals surface area contributed by atoms with Crippen LogP contribution in [-0.4, -0.2) is 20.4 Å².